The molecule has 0 heterocycles. The zero-order valence-corrected chi connectivity index (χ0v) is 8.59. The van der Waals surface area contributed by atoms with E-state index in [0.717, 1.165) is 18.4 Å². The monoisotopic (exact) mass is 211 g/mol. The van der Waals surface area contributed by atoms with Gasteiger partial charge >= 0.3 is 0 Å². The molecule has 0 aliphatic heterocycles. The van der Waals surface area contributed by atoms with E-state index in [1.54, 1.807) is 6.07 Å². The Balaban J connectivity index is 2.34. The largest absolute Gasteiger partial charge is 0.502 e. The molecule has 0 aromatic heterocycles. The molecule has 1 saturated carbocycles. The van der Waals surface area contributed by atoms with Gasteiger partial charge < -0.3 is 15.6 Å². The summed E-state index contributed by atoms with van der Waals surface area (Å²) in [6.07, 6.45) is 2.55. The lowest BCUT2D eigenvalue weighted by Gasteiger charge is -2.13. The van der Waals surface area contributed by atoms with Crippen LogP contribution in [0.25, 0.3) is 0 Å². The van der Waals surface area contributed by atoms with Gasteiger partial charge in [0.15, 0.2) is 17.3 Å². The predicted molar refractivity (Wildman–Crippen MR) is 54.5 cm³/mol. The van der Waals surface area contributed by atoms with Crippen molar-refractivity contribution >= 4 is 0 Å². The van der Waals surface area contributed by atoms with Crippen molar-refractivity contribution in [3.05, 3.63) is 23.5 Å². The number of benzene rings is 1. The van der Waals surface area contributed by atoms with Crippen molar-refractivity contribution in [3.8, 4) is 11.5 Å². The minimum absolute atomic E-state index is 0.183. The zero-order valence-electron chi connectivity index (χ0n) is 8.59. The number of methoxy groups -OCH3 is 1. The summed E-state index contributed by atoms with van der Waals surface area (Å²) in [6.45, 7) is 0. The van der Waals surface area contributed by atoms with Crippen LogP contribution in [0.1, 0.15) is 18.4 Å². The SMILES string of the molecule is COc1c(CC2(N)CC2)ccc(F)c1O. The van der Waals surface area contributed by atoms with Crippen LogP contribution in [0.5, 0.6) is 11.5 Å². The third-order valence-electron chi connectivity index (χ3n) is 2.80. The standard InChI is InChI=1S/C11H14FNO2/c1-15-10-7(6-11(13)4-5-11)2-3-8(12)9(10)14/h2-3,14H,4-6,13H2,1H3. The van der Waals surface area contributed by atoms with E-state index in [1.807, 2.05) is 0 Å². The number of ether oxygens (including phenoxy) is 1. The highest BCUT2D eigenvalue weighted by Gasteiger charge is 2.39. The lowest BCUT2D eigenvalue weighted by molar-refractivity contribution is 0.352. The quantitative estimate of drug-likeness (QED) is 0.798. The van der Waals surface area contributed by atoms with Crippen LogP contribution in [-0.4, -0.2) is 17.8 Å². The first kappa shape index (κ1) is 10.2. The highest BCUT2D eigenvalue weighted by molar-refractivity contribution is 5.47. The van der Waals surface area contributed by atoms with Gasteiger partial charge in [-0.2, -0.15) is 0 Å². The first-order valence-corrected chi connectivity index (χ1v) is 4.89. The van der Waals surface area contributed by atoms with Crippen LogP contribution in [0.2, 0.25) is 0 Å². The highest BCUT2D eigenvalue weighted by atomic mass is 19.1. The molecule has 0 spiro atoms. The van der Waals surface area contributed by atoms with Crippen molar-refractivity contribution in [1.82, 2.24) is 0 Å². The number of hydrogen-bond donors (Lipinski definition) is 2. The molecule has 2 rings (SSSR count). The summed E-state index contributed by atoms with van der Waals surface area (Å²) in [4.78, 5) is 0. The maximum absolute atomic E-state index is 13.0. The molecule has 3 nitrogen and oxygen atoms in total. The van der Waals surface area contributed by atoms with E-state index < -0.39 is 11.6 Å². The van der Waals surface area contributed by atoms with Gasteiger partial charge in [-0.05, 0) is 25.3 Å². The molecule has 1 fully saturated rings. The van der Waals surface area contributed by atoms with Crippen molar-refractivity contribution in [3.63, 3.8) is 0 Å². The molecule has 1 aliphatic rings. The fourth-order valence-corrected chi connectivity index (χ4v) is 1.67. The molecule has 15 heavy (non-hydrogen) atoms. The molecule has 4 heteroatoms. The third kappa shape index (κ3) is 1.90. The first-order valence-electron chi connectivity index (χ1n) is 4.89. The van der Waals surface area contributed by atoms with Crippen molar-refractivity contribution in [2.75, 3.05) is 7.11 Å². The number of hydrogen-bond acceptors (Lipinski definition) is 3. The molecule has 1 aromatic carbocycles. The maximum Gasteiger partial charge on any atom is 0.194 e. The number of nitrogens with two attached hydrogens (primary N) is 1. The Morgan fingerprint density at radius 3 is 2.73 bits per heavy atom. The maximum atomic E-state index is 13.0. The van der Waals surface area contributed by atoms with Gasteiger partial charge in [0, 0.05) is 11.1 Å². The number of phenols is 1. The van der Waals surface area contributed by atoms with Crippen LogP contribution in [0, 0.1) is 5.82 Å². The van der Waals surface area contributed by atoms with Crippen LogP contribution >= 0.6 is 0 Å². The van der Waals surface area contributed by atoms with E-state index in [2.05, 4.69) is 0 Å². The second kappa shape index (κ2) is 3.38. The molecule has 1 aromatic rings. The number of aromatic hydroxyl groups is 1. The number of phenolic OH excluding ortho intramolecular Hbond substituents is 1. The van der Waals surface area contributed by atoms with Gasteiger partial charge in [-0.25, -0.2) is 4.39 Å². The van der Waals surface area contributed by atoms with Crippen molar-refractivity contribution < 1.29 is 14.2 Å². The number of halogens is 1. The molecule has 3 N–H and O–H groups in total. The van der Waals surface area contributed by atoms with Crippen LogP contribution in [0.15, 0.2) is 12.1 Å². The molecule has 0 saturated heterocycles. The Labute approximate surface area is 87.7 Å². The van der Waals surface area contributed by atoms with Crippen LogP contribution < -0.4 is 10.5 Å². The van der Waals surface area contributed by atoms with Crippen LogP contribution in [0.4, 0.5) is 4.39 Å². The fraction of sp³-hybridized carbons (Fsp3) is 0.455. The van der Waals surface area contributed by atoms with Gasteiger partial charge in [0.05, 0.1) is 7.11 Å². The molecule has 0 bridgehead atoms. The second-order valence-electron chi connectivity index (χ2n) is 4.13. The van der Waals surface area contributed by atoms with E-state index in [1.165, 1.54) is 13.2 Å². The highest BCUT2D eigenvalue weighted by Crippen LogP contribution is 2.40. The fourth-order valence-electron chi connectivity index (χ4n) is 1.67. The van der Waals surface area contributed by atoms with Gasteiger partial charge in [0.25, 0.3) is 0 Å². The lowest BCUT2D eigenvalue weighted by atomic mass is 10.0. The van der Waals surface area contributed by atoms with Crippen LogP contribution in [-0.2, 0) is 6.42 Å². The Hall–Kier alpha value is -1.29. The molecule has 0 unspecified atom stereocenters. The predicted octanol–water partition coefficient (Wildman–Crippen LogP) is 1.57. The average molecular weight is 211 g/mol. The Morgan fingerprint density at radius 2 is 2.20 bits per heavy atom. The van der Waals surface area contributed by atoms with Gasteiger partial charge in [0.2, 0.25) is 0 Å². The molecule has 0 atom stereocenters. The van der Waals surface area contributed by atoms with Gasteiger partial charge in [-0.1, -0.05) is 6.07 Å². The zero-order chi connectivity index (χ0) is 11.1. The van der Waals surface area contributed by atoms with Crippen LogP contribution in [0.3, 0.4) is 0 Å². The Bertz CT molecular complexity index is 388. The van der Waals surface area contributed by atoms with E-state index in [4.69, 9.17) is 10.5 Å². The number of rotatable bonds is 3. The molecule has 0 radical (unpaired) electrons. The molecule has 0 amide bonds. The van der Waals surface area contributed by atoms with Crippen molar-refractivity contribution in [1.29, 1.82) is 0 Å². The van der Waals surface area contributed by atoms with Crippen molar-refractivity contribution in [2.45, 2.75) is 24.8 Å². The van der Waals surface area contributed by atoms with E-state index in [0.29, 0.717) is 6.42 Å². The molecule has 1 aliphatic carbocycles. The van der Waals surface area contributed by atoms with Crippen molar-refractivity contribution in [2.24, 2.45) is 5.73 Å². The van der Waals surface area contributed by atoms with E-state index >= 15 is 0 Å². The lowest BCUT2D eigenvalue weighted by Crippen LogP contribution is -2.24. The molecule has 82 valence electrons. The summed E-state index contributed by atoms with van der Waals surface area (Å²) in [7, 11) is 1.41. The minimum Gasteiger partial charge on any atom is -0.502 e. The smallest absolute Gasteiger partial charge is 0.194 e. The Morgan fingerprint density at radius 1 is 1.53 bits per heavy atom. The summed E-state index contributed by atoms with van der Waals surface area (Å²) in [5, 5.41) is 9.45. The van der Waals surface area contributed by atoms with Gasteiger partial charge in [-0.15, -0.1) is 0 Å². The summed E-state index contributed by atoms with van der Waals surface area (Å²) in [5.74, 6) is -0.900. The molecular formula is C11H14FNO2. The summed E-state index contributed by atoms with van der Waals surface area (Å²) >= 11 is 0. The van der Waals surface area contributed by atoms with E-state index in [-0.39, 0.29) is 11.3 Å². The summed E-state index contributed by atoms with van der Waals surface area (Å²) < 4.78 is 18.0. The van der Waals surface area contributed by atoms with Gasteiger partial charge in [-0.3, -0.25) is 0 Å². The Kier molecular flexibility index (Phi) is 2.31. The average Bonchev–Trinajstić information content (AvgIpc) is 2.91. The van der Waals surface area contributed by atoms with E-state index in [9.17, 15) is 9.50 Å². The molecular weight excluding hydrogens is 197 g/mol. The second-order valence-corrected chi connectivity index (χ2v) is 4.13. The first-order chi connectivity index (χ1) is 7.06. The topological polar surface area (TPSA) is 55.5 Å². The summed E-state index contributed by atoms with van der Waals surface area (Å²) in [6, 6.07) is 2.85. The summed E-state index contributed by atoms with van der Waals surface area (Å²) in [5.41, 5.74) is 6.54. The normalized spacial score (nSPS) is 17.5. The minimum atomic E-state index is -0.669. The third-order valence-corrected chi connectivity index (χ3v) is 2.80. The van der Waals surface area contributed by atoms with Gasteiger partial charge in [0.1, 0.15) is 0 Å².